The summed E-state index contributed by atoms with van der Waals surface area (Å²) in [4.78, 5) is 22.7. The predicted octanol–water partition coefficient (Wildman–Crippen LogP) is 2.79. The molecule has 10 heteroatoms. The number of anilines is 1. The van der Waals surface area contributed by atoms with E-state index in [2.05, 4.69) is 30.4 Å². The van der Waals surface area contributed by atoms with Crippen LogP contribution < -0.4 is 15.9 Å². The fourth-order valence-corrected chi connectivity index (χ4v) is 5.54. The number of hydrogen-bond donors (Lipinski definition) is 2. The second kappa shape index (κ2) is 8.67. The Labute approximate surface area is 202 Å². The molecule has 9 nitrogen and oxygen atoms in total. The van der Waals surface area contributed by atoms with Gasteiger partial charge in [-0.05, 0) is 50.7 Å². The lowest BCUT2D eigenvalue weighted by atomic mass is 9.83. The quantitative estimate of drug-likeness (QED) is 0.540. The van der Waals surface area contributed by atoms with E-state index in [0.29, 0.717) is 41.1 Å². The van der Waals surface area contributed by atoms with Crippen LogP contribution in [0, 0.1) is 5.95 Å². The maximum absolute atomic E-state index is 14.0. The fraction of sp³-hybridized carbons (Fsp3) is 0.480. The zero-order chi connectivity index (χ0) is 24.1. The largest absolute Gasteiger partial charge is 0.507 e. The van der Waals surface area contributed by atoms with Gasteiger partial charge in [-0.3, -0.25) is 4.57 Å². The number of hydrogen-bond acceptors (Lipinski definition) is 8. The third kappa shape index (κ3) is 4.27. The van der Waals surface area contributed by atoms with Crippen LogP contribution in [0.2, 0.25) is 0 Å². The van der Waals surface area contributed by atoms with Crippen molar-refractivity contribution >= 4 is 5.82 Å². The molecule has 3 atom stereocenters. The molecule has 2 saturated heterocycles. The molecule has 0 radical (unpaired) electrons. The molecule has 1 aromatic carbocycles. The molecular formula is C25H28FN7O2. The Hall–Kier alpha value is -3.40. The first-order valence-corrected chi connectivity index (χ1v) is 12.3. The summed E-state index contributed by atoms with van der Waals surface area (Å²) < 4.78 is 14.8. The Balaban J connectivity index is 1.25. The van der Waals surface area contributed by atoms with E-state index in [1.165, 1.54) is 45.2 Å². The van der Waals surface area contributed by atoms with Gasteiger partial charge in [-0.2, -0.15) is 9.37 Å². The first-order valence-electron chi connectivity index (χ1n) is 12.3. The van der Waals surface area contributed by atoms with E-state index >= 15 is 0 Å². The van der Waals surface area contributed by atoms with Crippen LogP contribution in [0.25, 0.3) is 22.6 Å². The number of benzene rings is 1. The highest BCUT2D eigenvalue weighted by Gasteiger charge is 2.40. The third-order valence-electron chi connectivity index (χ3n) is 7.45. The number of nitrogens with zero attached hydrogens (tertiary/aromatic N) is 6. The molecule has 3 aromatic rings. The summed E-state index contributed by atoms with van der Waals surface area (Å²) in [7, 11) is 1.31. The highest BCUT2D eigenvalue weighted by atomic mass is 19.1. The number of fused-ring (bicyclic) bond motifs is 2. The van der Waals surface area contributed by atoms with Gasteiger partial charge in [-0.15, -0.1) is 10.2 Å². The van der Waals surface area contributed by atoms with Crippen molar-refractivity contribution in [3.8, 4) is 28.4 Å². The molecule has 2 N–H and O–H groups in total. The van der Waals surface area contributed by atoms with Gasteiger partial charge in [0, 0.05) is 42.8 Å². The minimum Gasteiger partial charge on any atom is -0.507 e. The highest BCUT2D eigenvalue weighted by Crippen LogP contribution is 2.38. The molecule has 3 aliphatic rings. The van der Waals surface area contributed by atoms with Crippen molar-refractivity contribution in [3.05, 3.63) is 46.9 Å². The monoisotopic (exact) mass is 477 g/mol. The normalized spacial score (nSPS) is 23.8. The Morgan fingerprint density at radius 1 is 1.09 bits per heavy atom. The number of piperidine rings is 2. The average Bonchev–Trinajstić information content (AvgIpc) is 3.68. The van der Waals surface area contributed by atoms with Gasteiger partial charge in [0.25, 0.3) is 0 Å². The second-order valence-corrected chi connectivity index (χ2v) is 9.93. The lowest BCUT2D eigenvalue weighted by Crippen LogP contribution is -2.55. The van der Waals surface area contributed by atoms with Crippen molar-refractivity contribution in [2.24, 2.45) is 7.05 Å². The zero-order valence-corrected chi connectivity index (χ0v) is 19.6. The Kier molecular flexibility index (Phi) is 5.47. The van der Waals surface area contributed by atoms with Crippen LogP contribution >= 0.6 is 0 Å². The summed E-state index contributed by atoms with van der Waals surface area (Å²) in [5.74, 6) is 0.297. The molecule has 1 aliphatic carbocycles. The fourth-order valence-electron chi connectivity index (χ4n) is 5.54. The number of aromatic nitrogens is 5. The second-order valence-electron chi connectivity index (χ2n) is 9.93. The third-order valence-corrected chi connectivity index (χ3v) is 7.45. The molecule has 1 unspecified atom stereocenters. The Morgan fingerprint density at radius 2 is 1.86 bits per heavy atom. The van der Waals surface area contributed by atoms with Crippen LogP contribution in [-0.4, -0.2) is 54.0 Å². The molecule has 6 rings (SSSR count). The summed E-state index contributed by atoms with van der Waals surface area (Å²) >= 11 is 0. The molecule has 2 aliphatic heterocycles. The lowest BCUT2D eigenvalue weighted by Gasteiger charge is -2.45. The van der Waals surface area contributed by atoms with Gasteiger partial charge in [0.05, 0.1) is 17.5 Å². The van der Waals surface area contributed by atoms with Gasteiger partial charge >= 0.3 is 5.69 Å². The molecule has 3 fully saturated rings. The van der Waals surface area contributed by atoms with E-state index in [4.69, 9.17) is 0 Å². The summed E-state index contributed by atoms with van der Waals surface area (Å²) in [6.45, 7) is 0. The van der Waals surface area contributed by atoms with Crippen molar-refractivity contribution in [3.63, 3.8) is 0 Å². The Morgan fingerprint density at radius 3 is 2.49 bits per heavy atom. The summed E-state index contributed by atoms with van der Waals surface area (Å²) in [6, 6.07) is 7.97. The van der Waals surface area contributed by atoms with Crippen LogP contribution in [0.5, 0.6) is 5.75 Å². The molecule has 1 saturated carbocycles. The topological polar surface area (TPSA) is 109 Å². The van der Waals surface area contributed by atoms with E-state index in [1.807, 2.05) is 0 Å². The maximum Gasteiger partial charge on any atom is 0.350 e. The zero-order valence-electron chi connectivity index (χ0n) is 19.6. The van der Waals surface area contributed by atoms with Crippen LogP contribution in [0.3, 0.4) is 0 Å². The van der Waals surface area contributed by atoms with Crippen molar-refractivity contribution in [1.82, 2.24) is 30.0 Å². The van der Waals surface area contributed by atoms with Crippen LogP contribution in [0.15, 0.2) is 35.3 Å². The lowest BCUT2D eigenvalue weighted by molar-refractivity contribution is 0.215. The molecule has 2 aromatic heterocycles. The number of nitrogens with one attached hydrogen (secondary N) is 1. The minimum absolute atomic E-state index is 0.0924. The Bertz CT molecular complexity index is 1300. The van der Waals surface area contributed by atoms with E-state index < -0.39 is 11.6 Å². The van der Waals surface area contributed by atoms with E-state index in [0.717, 1.165) is 29.3 Å². The first-order chi connectivity index (χ1) is 17.0. The summed E-state index contributed by atoms with van der Waals surface area (Å²) in [5, 5.41) is 23.3. The molecular weight excluding hydrogens is 449 g/mol. The van der Waals surface area contributed by atoms with E-state index in [-0.39, 0.29) is 11.4 Å². The average molecular weight is 478 g/mol. The summed E-state index contributed by atoms with van der Waals surface area (Å²) in [6.07, 6.45) is 10.1. The van der Waals surface area contributed by atoms with Gasteiger partial charge < -0.3 is 15.3 Å². The number of aromatic hydroxyl groups is 1. The van der Waals surface area contributed by atoms with E-state index in [9.17, 15) is 14.3 Å². The summed E-state index contributed by atoms with van der Waals surface area (Å²) in [5.41, 5.74) is 0.271. The number of halogens is 1. The SMILES string of the molecule is Cn1c(F)cc(-c2ccc(-c3ncc(N(C4CC4)C4C[C@H]5CCC[C@@H](C4)N5)nn3)c(O)c2)nc1=O. The van der Waals surface area contributed by atoms with Crippen molar-refractivity contribution in [2.45, 2.75) is 69.1 Å². The molecule has 182 valence electrons. The number of rotatable bonds is 5. The maximum atomic E-state index is 14.0. The van der Waals surface area contributed by atoms with Gasteiger partial charge in [-0.25, -0.2) is 9.78 Å². The van der Waals surface area contributed by atoms with Gasteiger partial charge in [0.2, 0.25) is 0 Å². The van der Waals surface area contributed by atoms with Crippen LogP contribution in [0.4, 0.5) is 10.2 Å². The van der Waals surface area contributed by atoms with Gasteiger partial charge in [0.15, 0.2) is 17.6 Å². The molecule has 0 spiro atoms. The highest BCUT2D eigenvalue weighted by molar-refractivity contribution is 5.71. The predicted molar refractivity (Wildman–Crippen MR) is 128 cm³/mol. The number of phenols is 1. The smallest absolute Gasteiger partial charge is 0.350 e. The van der Waals surface area contributed by atoms with Gasteiger partial charge in [0.1, 0.15) is 5.75 Å². The molecule has 35 heavy (non-hydrogen) atoms. The van der Waals surface area contributed by atoms with Crippen LogP contribution in [-0.2, 0) is 7.05 Å². The molecule has 2 bridgehead atoms. The van der Waals surface area contributed by atoms with Gasteiger partial charge in [-0.1, -0.05) is 12.5 Å². The molecule has 4 heterocycles. The van der Waals surface area contributed by atoms with Crippen molar-refractivity contribution in [1.29, 1.82) is 0 Å². The van der Waals surface area contributed by atoms with Crippen molar-refractivity contribution < 1.29 is 9.50 Å². The van der Waals surface area contributed by atoms with Crippen molar-refractivity contribution in [2.75, 3.05) is 4.90 Å². The van der Waals surface area contributed by atoms with Crippen LogP contribution in [0.1, 0.15) is 44.9 Å². The van der Waals surface area contributed by atoms with E-state index in [1.54, 1.807) is 18.3 Å². The standard InChI is InChI=1S/C25H28FN7O2/c1-32-22(26)12-20(29-25(32)35)14-5-8-19(21(34)9-14)24-27-13-23(30-31-24)33(17-6-7-17)18-10-15-3-2-4-16(11-18)28-15/h5,8-9,12-13,15-18,28,34H,2-4,6-7,10-11H2,1H3/t15-,16+,18?. The first kappa shape index (κ1) is 22.1. The number of phenolic OH excluding ortho intramolecular Hbond substituents is 1. The minimum atomic E-state index is -0.704. The molecule has 0 amide bonds.